The number of nitrogens with zero attached hydrogens (tertiary/aromatic N) is 2. The first-order valence-electron chi connectivity index (χ1n) is 14.5. The number of carboxylic acids is 2. The number of nitrogens with one attached hydrogen (secondary N) is 2. The lowest BCUT2D eigenvalue weighted by Gasteiger charge is -2.28. The first-order chi connectivity index (χ1) is 20.6. The summed E-state index contributed by atoms with van der Waals surface area (Å²) in [6.45, 7) is 9.51. The molecule has 0 bridgehead atoms. The third-order valence-electron chi connectivity index (χ3n) is 7.07. The first-order valence-corrected chi connectivity index (χ1v) is 14.5. The van der Waals surface area contributed by atoms with Crippen molar-refractivity contribution in [1.29, 1.82) is 0 Å². The number of alkyl carbamates (subject to hydrolysis) is 2. The van der Waals surface area contributed by atoms with Gasteiger partial charge in [0.1, 0.15) is 29.8 Å². The average Bonchev–Trinajstić information content (AvgIpc) is 3.64. The van der Waals surface area contributed by atoms with E-state index in [4.69, 9.17) is 9.84 Å². The zero-order valence-corrected chi connectivity index (χ0v) is 26.1. The van der Waals surface area contributed by atoms with E-state index in [0.29, 0.717) is 44.3 Å². The van der Waals surface area contributed by atoms with Gasteiger partial charge in [0.05, 0.1) is 7.11 Å². The van der Waals surface area contributed by atoms with Gasteiger partial charge in [-0.25, -0.2) is 19.2 Å². The summed E-state index contributed by atoms with van der Waals surface area (Å²) >= 11 is 0. The molecule has 0 aromatic heterocycles. The smallest absolute Gasteiger partial charge is 0.408 e. The van der Waals surface area contributed by atoms with Crippen molar-refractivity contribution >= 4 is 35.9 Å². The Balaban J connectivity index is 0.000000319. The summed E-state index contributed by atoms with van der Waals surface area (Å²) in [5.74, 6) is -3.00. The Labute approximate surface area is 257 Å². The van der Waals surface area contributed by atoms with Gasteiger partial charge >= 0.3 is 24.1 Å². The molecule has 4 N–H and O–H groups in total. The minimum atomic E-state index is -1.03. The van der Waals surface area contributed by atoms with Crippen molar-refractivity contribution in [2.45, 2.75) is 90.1 Å². The normalized spacial score (nSPS) is 19.2. The lowest BCUT2D eigenvalue weighted by Crippen LogP contribution is -2.53. The van der Waals surface area contributed by atoms with Crippen LogP contribution in [-0.2, 0) is 28.7 Å². The molecule has 0 radical (unpaired) electrons. The SMILES string of the molecule is CC(C)(C)OC(=O)N[C@@H](C(=O)N1CCC[C@H]1C(=O)O)c1ccccc1.COC(=O)N[C@H](C(=O)N1CCC[C@H]1C(=O)O)C(C)C. The Kier molecular flexibility index (Phi) is 13.0. The number of ether oxygens (including phenoxy) is 2. The predicted octanol–water partition coefficient (Wildman–Crippen LogP) is 2.77. The molecule has 3 rings (SSSR count). The van der Waals surface area contributed by atoms with Gasteiger partial charge < -0.3 is 40.1 Å². The van der Waals surface area contributed by atoms with Crippen LogP contribution in [0.2, 0.25) is 0 Å². The van der Waals surface area contributed by atoms with Crippen LogP contribution in [0.3, 0.4) is 0 Å². The van der Waals surface area contributed by atoms with E-state index < -0.39 is 59.8 Å². The molecule has 2 saturated heterocycles. The highest BCUT2D eigenvalue weighted by atomic mass is 16.6. The quantitative estimate of drug-likeness (QED) is 0.336. The van der Waals surface area contributed by atoms with Crippen molar-refractivity contribution < 1.29 is 48.5 Å². The maximum Gasteiger partial charge on any atom is 0.408 e. The van der Waals surface area contributed by atoms with Crippen molar-refractivity contribution in [2.24, 2.45) is 5.92 Å². The third kappa shape index (κ3) is 10.1. The Morgan fingerprint density at radius 1 is 0.818 bits per heavy atom. The number of methoxy groups -OCH3 is 1. The molecule has 0 unspecified atom stereocenters. The minimum Gasteiger partial charge on any atom is -0.480 e. The van der Waals surface area contributed by atoms with E-state index in [-0.39, 0.29) is 11.8 Å². The maximum atomic E-state index is 13.0. The van der Waals surface area contributed by atoms with Gasteiger partial charge in [0, 0.05) is 13.1 Å². The monoisotopic (exact) mass is 620 g/mol. The van der Waals surface area contributed by atoms with Crippen LogP contribution < -0.4 is 10.6 Å². The largest absolute Gasteiger partial charge is 0.480 e. The van der Waals surface area contributed by atoms with E-state index in [1.54, 1.807) is 65.0 Å². The Bertz CT molecular complexity index is 1180. The van der Waals surface area contributed by atoms with Gasteiger partial charge in [-0.1, -0.05) is 44.2 Å². The number of hydrogen-bond donors (Lipinski definition) is 4. The molecule has 0 saturated carbocycles. The highest BCUT2D eigenvalue weighted by Crippen LogP contribution is 2.24. The lowest BCUT2D eigenvalue weighted by atomic mass is 10.0. The molecule has 44 heavy (non-hydrogen) atoms. The van der Waals surface area contributed by atoms with E-state index >= 15 is 0 Å². The van der Waals surface area contributed by atoms with Crippen LogP contribution >= 0.6 is 0 Å². The molecule has 14 heteroatoms. The number of hydrogen-bond acceptors (Lipinski definition) is 8. The molecule has 2 aliphatic rings. The van der Waals surface area contributed by atoms with Crippen molar-refractivity contribution in [2.75, 3.05) is 20.2 Å². The summed E-state index contributed by atoms with van der Waals surface area (Å²) in [7, 11) is 1.22. The number of carboxylic acid groups (broad SMARTS) is 2. The summed E-state index contributed by atoms with van der Waals surface area (Å²) in [6.07, 6.45) is 0.723. The molecule has 2 aliphatic heterocycles. The molecule has 1 aromatic carbocycles. The molecule has 4 amide bonds. The number of aliphatic carboxylic acids is 2. The Morgan fingerprint density at radius 3 is 1.75 bits per heavy atom. The molecule has 244 valence electrons. The lowest BCUT2D eigenvalue weighted by molar-refractivity contribution is -0.149. The molecule has 0 spiro atoms. The highest BCUT2D eigenvalue weighted by molar-refractivity contribution is 5.91. The van der Waals surface area contributed by atoms with Crippen molar-refractivity contribution in [1.82, 2.24) is 20.4 Å². The Hall–Kier alpha value is -4.36. The summed E-state index contributed by atoms with van der Waals surface area (Å²) in [5.41, 5.74) is -0.125. The highest BCUT2D eigenvalue weighted by Gasteiger charge is 2.40. The van der Waals surface area contributed by atoms with Crippen LogP contribution in [0.15, 0.2) is 30.3 Å². The molecule has 4 atom stereocenters. The predicted molar refractivity (Wildman–Crippen MR) is 157 cm³/mol. The summed E-state index contributed by atoms with van der Waals surface area (Å²) in [6, 6.07) is 5.32. The van der Waals surface area contributed by atoms with E-state index in [0.717, 1.165) is 0 Å². The fourth-order valence-corrected chi connectivity index (χ4v) is 4.98. The number of benzene rings is 1. The number of carbonyl (C=O) groups is 6. The number of amides is 4. The zero-order chi connectivity index (χ0) is 33.2. The van der Waals surface area contributed by atoms with Crippen LogP contribution in [0.1, 0.15) is 71.9 Å². The number of rotatable bonds is 8. The summed E-state index contributed by atoms with van der Waals surface area (Å²) in [5, 5.41) is 23.4. The first kappa shape index (κ1) is 35.8. The topological polar surface area (TPSA) is 192 Å². The second kappa shape index (κ2) is 15.9. The van der Waals surface area contributed by atoms with Crippen LogP contribution in [-0.4, -0.2) is 99.9 Å². The van der Waals surface area contributed by atoms with Gasteiger partial charge in [-0.05, 0) is 57.9 Å². The molecular formula is C30H44N4O10. The van der Waals surface area contributed by atoms with Crippen LogP contribution in [0.4, 0.5) is 9.59 Å². The molecule has 2 fully saturated rings. The second-order valence-corrected chi connectivity index (χ2v) is 11.9. The number of carbonyl (C=O) groups excluding carboxylic acids is 4. The van der Waals surface area contributed by atoms with Crippen LogP contribution in [0.5, 0.6) is 0 Å². The maximum absolute atomic E-state index is 13.0. The van der Waals surface area contributed by atoms with E-state index in [2.05, 4.69) is 15.4 Å². The second-order valence-electron chi connectivity index (χ2n) is 11.9. The number of likely N-dealkylation sites (tertiary alicyclic amines) is 2. The summed E-state index contributed by atoms with van der Waals surface area (Å²) < 4.78 is 9.72. The van der Waals surface area contributed by atoms with E-state index in [1.807, 2.05) is 0 Å². The van der Waals surface area contributed by atoms with Gasteiger partial charge in [-0.2, -0.15) is 0 Å². The molecule has 0 aliphatic carbocycles. The fourth-order valence-electron chi connectivity index (χ4n) is 4.98. The molecule has 1 aromatic rings. The van der Waals surface area contributed by atoms with Gasteiger partial charge in [0.2, 0.25) is 5.91 Å². The van der Waals surface area contributed by atoms with Gasteiger partial charge in [0.25, 0.3) is 5.91 Å². The van der Waals surface area contributed by atoms with Crippen molar-refractivity contribution in [3.05, 3.63) is 35.9 Å². The van der Waals surface area contributed by atoms with Crippen LogP contribution in [0, 0.1) is 5.92 Å². The Morgan fingerprint density at radius 2 is 1.32 bits per heavy atom. The average molecular weight is 621 g/mol. The van der Waals surface area contributed by atoms with Crippen molar-refractivity contribution in [3.8, 4) is 0 Å². The van der Waals surface area contributed by atoms with Crippen molar-refractivity contribution in [3.63, 3.8) is 0 Å². The van der Waals surface area contributed by atoms with Gasteiger partial charge in [-0.3, -0.25) is 9.59 Å². The molecule has 2 heterocycles. The van der Waals surface area contributed by atoms with Gasteiger partial charge in [0.15, 0.2) is 0 Å². The fraction of sp³-hybridized carbons (Fsp3) is 0.600. The van der Waals surface area contributed by atoms with E-state index in [9.17, 15) is 33.9 Å². The minimum absolute atomic E-state index is 0.151. The third-order valence-corrected chi connectivity index (χ3v) is 7.07. The summed E-state index contributed by atoms with van der Waals surface area (Å²) in [4.78, 5) is 73.8. The van der Waals surface area contributed by atoms with Crippen LogP contribution in [0.25, 0.3) is 0 Å². The van der Waals surface area contributed by atoms with Gasteiger partial charge in [-0.15, -0.1) is 0 Å². The standard InChI is InChI=1S/C18H24N2O5.C12H20N2O5/c1-18(2,3)25-17(24)19-14(12-8-5-4-6-9-12)15(21)20-11-7-10-13(20)16(22)23;1-7(2)9(13-12(18)19-3)10(15)14-6-4-5-8(14)11(16)17/h4-6,8-9,13-14H,7,10-11H2,1-3H3,(H,19,24)(H,22,23);7-9H,4-6H2,1-3H3,(H,13,18)(H,16,17)/t13-,14+;8-,9-/m00/s1. The molecule has 14 nitrogen and oxygen atoms in total. The zero-order valence-electron chi connectivity index (χ0n) is 26.1. The molecular weight excluding hydrogens is 576 g/mol. The van der Waals surface area contributed by atoms with E-state index in [1.165, 1.54) is 16.9 Å².